The summed E-state index contributed by atoms with van der Waals surface area (Å²) in [6, 6.07) is 9.94. The monoisotopic (exact) mass is 292 g/mol. The zero-order valence-electron chi connectivity index (χ0n) is 9.57. The van der Waals surface area contributed by atoms with E-state index in [2.05, 4.69) is 35.0 Å². The number of rotatable bonds is 4. The van der Waals surface area contributed by atoms with Gasteiger partial charge in [0.1, 0.15) is 0 Å². The first-order valence-corrected chi connectivity index (χ1v) is 6.28. The summed E-state index contributed by atoms with van der Waals surface area (Å²) in [5, 5.41) is 0. The van der Waals surface area contributed by atoms with Crippen molar-refractivity contribution in [2.24, 2.45) is 0 Å². The molecule has 0 aliphatic heterocycles. The highest BCUT2D eigenvalue weighted by Gasteiger charge is 2.13. The molecule has 1 aromatic heterocycles. The van der Waals surface area contributed by atoms with Crippen LogP contribution in [-0.2, 0) is 6.42 Å². The minimum atomic E-state index is 0.0309. The van der Waals surface area contributed by atoms with Crippen molar-refractivity contribution in [3.8, 4) is 0 Å². The van der Waals surface area contributed by atoms with Crippen LogP contribution in [0.1, 0.15) is 28.1 Å². The van der Waals surface area contributed by atoms with Crippen LogP contribution < -0.4 is 0 Å². The van der Waals surface area contributed by atoms with E-state index in [1.165, 1.54) is 17.4 Å². The third-order valence-electron chi connectivity index (χ3n) is 2.59. The van der Waals surface area contributed by atoms with Crippen LogP contribution in [0.3, 0.4) is 0 Å². The predicted octanol–water partition coefficient (Wildman–Crippen LogP) is 4.17. The average molecular weight is 293 g/mol. The number of carbonyl (C=O) groups excluding carboxylic acids is 1. The summed E-state index contributed by atoms with van der Waals surface area (Å²) >= 11 is 3.29. The van der Waals surface area contributed by atoms with Gasteiger partial charge in [0.2, 0.25) is 0 Å². The third kappa shape index (κ3) is 3.07. The molecule has 0 atom stereocenters. The predicted molar refractivity (Wildman–Crippen MR) is 70.2 cm³/mol. The van der Waals surface area contributed by atoms with Gasteiger partial charge in [0, 0.05) is 6.42 Å². The van der Waals surface area contributed by atoms with Gasteiger partial charge in [0.05, 0.1) is 10.7 Å². The summed E-state index contributed by atoms with van der Waals surface area (Å²) < 4.78 is 5.87. The number of furan rings is 1. The van der Waals surface area contributed by atoms with E-state index in [4.69, 9.17) is 4.42 Å². The number of benzene rings is 1. The number of carbonyl (C=O) groups is 1. The molecule has 2 aromatic rings. The Bertz CT molecular complexity index is 529. The molecule has 1 heterocycles. The van der Waals surface area contributed by atoms with Gasteiger partial charge in [-0.2, -0.15) is 0 Å². The van der Waals surface area contributed by atoms with Gasteiger partial charge in [-0.15, -0.1) is 0 Å². The standard InChI is InChI=1S/C14H13BrO2/c1-10-3-2-4-11(9-10)5-6-13(16)14-12(15)7-8-17-14/h2-4,7-9H,5-6H2,1H3. The van der Waals surface area contributed by atoms with Gasteiger partial charge in [-0.25, -0.2) is 0 Å². The molecule has 0 saturated heterocycles. The Morgan fingerprint density at radius 1 is 1.35 bits per heavy atom. The second-order valence-electron chi connectivity index (χ2n) is 4.01. The van der Waals surface area contributed by atoms with Crippen LogP contribution in [0.15, 0.2) is 45.5 Å². The molecule has 0 spiro atoms. The molecule has 0 radical (unpaired) electrons. The highest BCUT2D eigenvalue weighted by Crippen LogP contribution is 2.20. The van der Waals surface area contributed by atoms with E-state index in [1.54, 1.807) is 6.07 Å². The quantitative estimate of drug-likeness (QED) is 0.792. The number of Topliss-reactive ketones (excluding diaryl/α,β-unsaturated/α-hetero) is 1. The summed E-state index contributed by atoms with van der Waals surface area (Å²) in [5.41, 5.74) is 2.40. The van der Waals surface area contributed by atoms with Crippen LogP contribution >= 0.6 is 15.9 Å². The van der Waals surface area contributed by atoms with E-state index in [0.717, 1.165) is 10.9 Å². The minimum absolute atomic E-state index is 0.0309. The number of hydrogen-bond donors (Lipinski definition) is 0. The molecular formula is C14H13BrO2. The average Bonchev–Trinajstić information content (AvgIpc) is 2.72. The van der Waals surface area contributed by atoms with Crippen LogP contribution in [0.2, 0.25) is 0 Å². The molecule has 0 unspecified atom stereocenters. The summed E-state index contributed by atoms with van der Waals surface area (Å²) in [6.45, 7) is 2.05. The van der Waals surface area contributed by atoms with E-state index < -0.39 is 0 Å². The van der Waals surface area contributed by atoms with Crippen molar-refractivity contribution in [2.75, 3.05) is 0 Å². The zero-order valence-corrected chi connectivity index (χ0v) is 11.2. The molecule has 0 fully saturated rings. The van der Waals surface area contributed by atoms with Crippen LogP contribution in [0.25, 0.3) is 0 Å². The van der Waals surface area contributed by atoms with E-state index in [0.29, 0.717) is 12.2 Å². The van der Waals surface area contributed by atoms with Crippen molar-refractivity contribution >= 4 is 21.7 Å². The molecule has 2 rings (SSSR count). The Labute approximate surface area is 109 Å². The highest BCUT2D eigenvalue weighted by molar-refractivity contribution is 9.10. The van der Waals surface area contributed by atoms with E-state index >= 15 is 0 Å². The lowest BCUT2D eigenvalue weighted by molar-refractivity contribution is 0.0955. The molecular weight excluding hydrogens is 280 g/mol. The van der Waals surface area contributed by atoms with E-state index in [1.807, 2.05) is 12.1 Å². The maximum atomic E-state index is 11.9. The van der Waals surface area contributed by atoms with Crippen molar-refractivity contribution in [3.05, 3.63) is 58.0 Å². The van der Waals surface area contributed by atoms with Gasteiger partial charge < -0.3 is 4.42 Å². The van der Waals surface area contributed by atoms with Crippen molar-refractivity contribution in [3.63, 3.8) is 0 Å². The van der Waals surface area contributed by atoms with Crippen molar-refractivity contribution in [1.29, 1.82) is 0 Å². The molecule has 0 bridgehead atoms. The highest BCUT2D eigenvalue weighted by atomic mass is 79.9. The summed E-state index contributed by atoms with van der Waals surface area (Å²) in [5.74, 6) is 0.445. The molecule has 0 amide bonds. The second-order valence-corrected chi connectivity index (χ2v) is 4.86. The second kappa shape index (κ2) is 5.32. The molecule has 0 saturated carbocycles. The third-order valence-corrected chi connectivity index (χ3v) is 3.22. The fraction of sp³-hybridized carbons (Fsp3) is 0.214. The van der Waals surface area contributed by atoms with Crippen molar-refractivity contribution < 1.29 is 9.21 Å². The molecule has 3 heteroatoms. The van der Waals surface area contributed by atoms with E-state index in [-0.39, 0.29) is 5.78 Å². The Morgan fingerprint density at radius 2 is 2.18 bits per heavy atom. The van der Waals surface area contributed by atoms with Crippen LogP contribution in [0.4, 0.5) is 0 Å². The molecule has 0 N–H and O–H groups in total. The first-order chi connectivity index (χ1) is 8.16. The van der Waals surface area contributed by atoms with Gasteiger partial charge >= 0.3 is 0 Å². The molecule has 0 aliphatic rings. The molecule has 88 valence electrons. The van der Waals surface area contributed by atoms with Gasteiger partial charge in [0.15, 0.2) is 11.5 Å². The van der Waals surface area contributed by atoms with Crippen LogP contribution in [-0.4, -0.2) is 5.78 Å². The number of ketones is 1. The summed E-state index contributed by atoms with van der Waals surface area (Å²) in [6.07, 6.45) is 2.73. The van der Waals surface area contributed by atoms with Gasteiger partial charge in [-0.3, -0.25) is 4.79 Å². The van der Waals surface area contributed by atoms with Crippen LogP contribution in [0, 0.1) is 6.92 Å². The fourth-order valence-electron chi connectivity index (χ4n) is 1.73. The lowest BCUT2D eigenvalue weighted by atomic mass is 10.0. The number of hydrogen-bond acceptors (Lipinski definition) is 2. The first-order valence-electron chi connectivity index (χ1n) is 5.48. The van der Waals surface area contributed by atoms with Gasteiger partial charge in [-0.1, -0.05) is 29.8 Å². The summed E-state index contributed by atoms with van der Waals surface area (Å²) in [7, 11) is 0. The van der Waals surface area contributed by atoms with Gasteiger partial charge in [-0.05, 0) is 40.9 Å². The van der Waals surface area contributed by atoms with E-state index in [9.17, 15) is 4.79 Å². The van der Waals surface area contributed by atoms with Crippen molar-refractivity contribution in [2.45, 2.75) is 19.8 Å². The molecule has 2 nitrogen and oxygen atoms in total. The zero-order chi connectivity index (χ0) is 12.3. The largest absolute Gasteiger partial charge is 0.460 e. The lowest BCUT2D eigenvalue weighted by Crippen LogP contribution is -2.00. The number of halogens is 1. The SMILES string of the molecule is Cc1cccc(CCC(=O)c2occc2Br)c1. The lowest BCUT2D eigenvalue weighted by Gasteiger charge is -2.01. The molecule has 0 aliphatic carbocycles. The maximum absolute atomic E-state index is 11.9. The van der Waals surface area contributed by atoms with Crippen molar-refractivity contribution in [1.82, 2.24) is 0 Å². The first kappa shape index (κ1) is 12.1. The normalized spacial score (nSPS) is 10.5. The Kier molecular flexibility index (Phi) is 3.79. The van der Waals surface area contributed by atoms with Gasteiger partial charge in [0.25, 0.3) is 0 Å². The summed E-state index contributed by atoms with van der Waals surface area (Å²) in [4.78, 5) is 11.9. The molecule has 1 aromatic carbocycles. The topological polar surface area (TPSA) is 30.2 Å². The molecule has 17 heavy (non-hydrogen) atoms. The maximum Gasteiger partial charge on any atom is 0.199 e. The Hall–Kier alpha value is -1.35. The Balaban J connectivity index is 1.99. The smallest absolute Gasteiger partial charge is 0.199 e. The number of aryl methyl sites for hydroxylation is 2. The minimum Gasteiger partial charge on any atom is -0.460 e. The Morgan fingerprint density at radius 3 is 2.82 bits per heavy atom. The van der Waals surface area contributed by atoms with Crippen LogP contribution in [0.5, 0.6) is 0 Å². The fourth-order valence-corrected chi connectivity index (χ4v) is 2.15.